The Morgan fingerprint density at radius 3 is 2.90 bits per heavy atom. The van der Waals surface area contributed by atoms with Gasteiger partial charge >= 0.3 is 0 Å². The van der Waals surface area contributed by atoms with E-state index in [9.17, 15) is 4.79 Å². The molecule has 3 aliphatic rings. The quantitative estimate of drug-likeness (QED) is 0.686. The van der Waals surface area contributed by atoms with Crippen LogP contribution < -0.4 is 10.2 Å². The predicted molar refractivity (Wildman–Crippen MR) is 117 cm³/mol. The summed E-state index contributed by atoms with van der Waals surface area (Å²) in [7, 11) is 0. The Kier molecular flexibility index (Phi) is 7.08. The van der Waals surface area contributed by atoms with Gasteiger partial charge in [-0.15, -0.1) is 10.2 Å². The summed E-state index contributed by atoms with van der Waals surface area (Å²) in [6.45, 7) is 3.69. The molecule has 5 heterocycles. The number of carbonyl (C=O) groups is 2. The summed E-state index contributed by atoms with van der Waals surface area (Å²) in [5, 5.41) is 19.5. The lowest BCUT2D eigenvalue weighted by Crippen LogP contribution is -2.65. The summed E-state index contributed by atoms with van der Waals surface area (Å²) in [5.74, 6) is 1.21. The fourth-order valence-corrected chi connectivity index (χ4v) is 6.03. The fraction of sp³-hybridized carbons (Fsp3) is 0.571. The first-order valence-electron chi connectivity index (χ1n) is 10.7. The molecule has 0 aliphatic carbocycles. The maximum absolute atomic E-state index is 12.6. The van der Waals surface area contributed by atoms with Gasteiger partial charge in [0.15, 0.2) is 0 Å². The van der Waals surface area contributed by atoms with Gasteiger partial charge in [-0.2, -0.15) is 0 Å². The lowest BCUT2D eigenvalue weighted by molar-refractivity contribution is -0.122. The second kappa shape index (κ2) is 10.1. The molecule has 9 nitrogen and oxygen atoms in total. The minimum absolute atomic E-state index is 0.0272. The van der Waals surface area contributed by atoms with E-state index >= 15 is 0 Å². The van der Waals surface area contributed by atoms with E-state index in [0.29, 0.717) is 36.0 Å². The second-order valence-electron chi connectivity index (χ2n) is 8.31. The van der Waals surface area contributed by atoms with Gasteiger partial charge in [-0.1, -0.05) is 17.8 Å². The molecule has 0 aromatic carbocycles. The number of hydrogen-bond donors (Lipinski definition) is 2. The van der Waals surface area contributed by atoms with Crippen molar-refractivity contribution in [2.75, 3.05) is 31.1 Å². The van der Waals surface area contributed by atoms with Crippen molar-refractivity contribution in [3.8, 4) is 0 Å². The average molecular weight is 445 g/mol. The number of pyridine rings is 1. The molecule has 1 amide bonds. The molecule has 166 valence electrons. The number of nitrogens with one attached hydrogen (secondary N) is 1. The molecular weight excluding hydrogens is 416 g/mol. The molecule has 10 heteroatoms. The lowest BCUT2D eigenvalue weighted by atomic mass is 9.72. The van der Waals surface area contributed by atoms with Crippen LogP contribution in [0.4, 0.5) is 5.13 Å². The molecule has 0 radical (unpaired) electrons. The van der Waals surface area contributed by atoms with Crippen LogP contribution in [0.3, 0.4) is 0 Å². The van der Waals surface area contributed by atoms with Gasteiger partial charge in [0, 0.05) is 44.1 Å². The molecule has 0 spiro atoms. The van der Waals surface area contributed by atoms with Crippen molar-refractivity contribution in [2.24, 2.45) is 11.8 Å². The first kappa shape index (κ1) is 21.6. The number of anilines is 1. The summed E-state index contributed by atoms with van der Waals surface area (Å²) >= 11 is 1.63. The van der Waals surface area contributed by atoms with Crippen LogP contribution in [0.25, 0.3) is 0 Å². The van der Waals surface area contributed by atoms with E-state index in [1.807, 2.05) is 17.6 Å². The summed E-state index contributed by atoms with van der Waals surface area (Å²) in [6.07, 6.45) is 8.44. The summed E-state index contributed by atoms with van der Waals surface area (Å²) in [4.78, 5) is 30.1. The van der Waals surface area contributed by atoms with Crippen LogP contribution in [0.2, 0.25) is 0 Å². The van der Waals surface area contributed by atoms with E-state index in [-0.39, 0.29) is 12.4 Å². The van der Waals surface area contributed by atoms with E-state index in [1.54, 1.807) is 23.7 Å². The van der Waals surface area contributed by atoms with Crippen LogP contribution in [0, 0.1) is 11.8 Å². The highest BCUT2D eigenvalue weighted by Gasteiger charge is 2.47. The van der Waals surface area contributed by atoms with E-state index < -0.39 is 0 Å². The molecule has 4 atom stereocenters. The van der Waals surface area contributed by atoms with Crippen LogP contribution in [-0.2, 0) is 4.79 Å². The molecule has 3 fully saturated rings. The van der Waals surface area contributed by atoms with Crippen molar-refractivity contribution in [2.45, 2.75) is 37.8 Å². The van der Waals surface area contributed by atoms with Crippen molar-refractivity contribution < 1.29 is 14.7 Å². The SMILES string of the molecule is O=C(NC[C@H]1[C@H]2C[C@H](CN(c3nncs3)C2)[C@@H]2CCCCN21)c1cccnc1.O=CO. The summed E-state index contributed by atoms with van der Waals surface area (Å²) in [6, 6.07) is 4.64. The molecule has 31 heavy (non-hydrogen) atoms. The molecule has 5 rings (SSSR count). The topological polar surface area (TPSA) is 112 Å². The maximum Gasteiger partial charge on any atom is 0.290 e. The van der Waals surface area contributed by atoms with Crippen LogP contribution >= 0.6 is 11.3 Å². The van der Waals surface area contributed by atoms with Gasteiger partial charge in [0.1, 0.15) is 5.51 Å². The number of rotatable bonds is 4. The van der Waals surface area contributed by atoms with Gasteiger partial charge in [-0.25, -0.2) is 0 Å². The van der Waals surface area contributed by atoms with Crippen LogP contribution in [0.15, 0.2) is 30.0 Å². The Bertz CT molecular complexity index is 852. The van der Waals surface area contributed by atoms with Crippen molar-refractivity contribution in [1.29, 1.82) is 0 Å². The molecular formula is C21H28N6O3S. The van der Waals surface area contributed by atoms with E-state index in [1.165, 1.54) is 25.7 Å². The van der Waals surface area contributed by atoms with E-state index in [2.05, 4.69) is 30.3 Å². The zero-order valence-corrected chi connectivity index (χ0v) is 18.2. The van der Waals surface area contributed by atoms with Crippen molar-refractivity contribution in [3.05, 3.63) is 35.6 Å². The number of aromatic nitrogens is 3. The highest BCUT2D eigenvalue weighted by Crippen LogP contribution is 2.42. The zero-order chi connectivity index (χ0) is 21.6. The second-order valence-corrected chi connectivity index (χ2v) is 9.12. The number of fused-ring (bicyclic) bond motifs is 4. The molecule has 0 unspecified atom stereocenters. The number of amides is 1. The van der Waals surface area contributed by atoms with Gasteiger partial charge < -0.3 is 15.3 Å². The number of carbonyl (C=O) groups excluding carboxylic acids is 1. The van der Waals surface area contributed by atoms with Crippen molar-refractivity contribution >= 4 is 28.8 Å². The third-order valence-electron chi connectivity index (χ3n) is 6.64. The van der Waals surface area contributed by atoms with Gasteiger partial charge in [0.25, 0.3) is 12.4 Å². The maximum atomic E-state index is 12.6. The number of carboxylic acid groups (broad SMARTS) is 1. The lowest BCUT2D eigenvalue weighted by Gasteiger charge is -2.56. The zero-order valence-electron chi connectivity index (χ0n) is 17.3. The smallest absolute Gasteiger partial charge is 0.290 e. The molecule has 2 N–H and O–H groups in total. The Balaban J connectivity index is 0.000000730. The molecule has 2 aromatic heterocycles. The normalized spacial score (nSPS) is 27.4. The Morgan fingerprint density at radius 1 is 1.32 bits per heavy atom. The minimum atomic E-state index is -0.250. The standard InChI is InChI=1S/C20H26N6OS.CH2O2/c27-19(14-4-3-6-21-9-14)22-10-18-16-8-15(17-5-1-2-7-26(17)18)11-25(12-16)20-24-23-13-28-20;2-1-3/h3-4,6,9,13,15-18H,1-2,5,7-8,10-12H2,(H,22,27);1H,(H,2,3)/t15-,16+,17+,18+;/m1./s1. The fourth-order valence-electron chi connectivity index (χ4n) is 5.45. The Morgan fingerprint density at radius 2 is 2.16 bits per heavy atom. The monoisotopic (exact) mass is 444 g/mol. The van der Waals surface area contributed by atoms with Gasteiger partial charge in [0.05, 0.1) is 5.56 Å². The molecule has 3 saturated heterocycles. The number of piperidine rings is 3. The van der Waals surface area contributed by atoms with Crippen molar-refractivity contribution in [3.63, 3.8) is 0 Å². The van der Waals surface area contributed by atoms with Crippen LogP contribution in [0.5, 0.6) is 0 Å². The minimum Gasteiger partial charge on any atom is -0.483 e. The summed E-state index contributed by atoms with van der Waals surface area (Å²) in [5.41, 5.74) is 2.45. The Hall–Kier alpha value is -2.59. The van der Waals surface area contributed by atoms with Crippen LogP contribution in [0.1, 0.15) is 36.0 Å². The predicted octanol–water partition coefficient (Wildman–Crippen LogP) is 1.74. The number of hydrogen-bond acceptors (Lipinski definition) is 8. The average Bonchev–Trinajstić information content (AvgIpc) is 3.35. The van der Waals surface area contributed by atoms with Gasteiger partial charge in [0.2, 0.25) is 5.13 Å². The molecule has 2 aromatic rings. The van der Waals surface area contributed by atoms with E-state index in [4.69, 9.17) is 9.90 Å². The third-order valence-corrected chi connectivity index (χ3v) is 7.39. The van der Waals surface area contributed by atoms with Gasteiger partial charge in [-0.05, 0) is 49.8 Å². The first-order valence-corrected chi connectivity index (χ1v) is 11.6. The molecule has 3 aliphatic heterocycles. The van der Waals surface area contributed by atoms with E-state index in [0.717, 1.165) is 24.8 Å². The van der Waals surface area contributed by atoms with Crippen LogP contribution in [-0.4, -0.2) is 75.8 Å². The summed E-state index contributed by atoms with van der Waals surface area (Å²) < 4.78 is 0. The highest BCUT2D eigenvalue weighted by molar-refractivity contribution is 7.13. The number of nitrogens with zero attached hydrogens (tertiary/aromatic N) is 5. The first-order chi connectivity index (χ1) is 15.2. The highest BCUT2D eigenvalue weighted by atomic mass is 32.1. The molecule has 2 bridgehead atoms. The van der Waals surface area contributed by atoms with Gasteiger partial charge in [-0.3, -0.25) is 19.5 Å². The molecule has 0 saturated carbocycles. The third kappa shape index (κ3) is 4.85. The largest absolute Gasteiger partial charge is 0.483 e. The Labute approximate surface area is 185 Å². The van der Waals surface area contributed by atoms with Crippen molar-refractivity contribution in [1.82, 2.24) is 25.4 Å².